The number of imidazole rings is 1. The van der Waals surface area contributed by atoms with Crippen molar-refractivity contribution in [1.82, 2.24) is 24.7 Å². The zero-order valence-electron chi connectivity index (χ0n) is 15.3. The van der Waals surface area contributed by atoms with Crippen molar-refractivity contribution < 1.29 is 9.84 Å². The Balaban J connectivity index is 1.93. The minimum absolute atomic E-state index is 0.0246. The average molecular weight is 354 g/mol. The van der Waals surface area contributed by atoms with Crippen molar-refractivity contribution >= 4 is 5.82 Å². The van der Waals surface area contributed by atoms with Gasteiger partial charge < -0.3 is 19.7 Å². The van der Waals surface area contributed by atoms with Gasteiger partial charge in [-0.2, -0.15) is 0 Å². The molecule has 0 bridgehead atoms. The van der Waals surface area contributed by atoms with Crippen molar-refractivity contribution in [3.63, 3.8) is 0 Å². The second kappa shape index (κ2) is 7.49. The maximum atomic E-state index is 9.16. The summed E-state index contributed by atoms with van der Waals surface area (Å²) in [6.45, 7) is 5.76. The van der Waals surface area contributed by atoms with Crippen LogP contribution in [0, 0.1) is 13.8 Å². The first-order chi connectivity index (χ1) is 12.5. The number of aryl methyl sites for hydroxylation is 2. The summed E-state index contributed by atoms with van der Waals surface area (Å²) in [5.74, 6) is 1.13. The fraction of sp³-hybridized carbons (Fsp3) is 0.333. The topological polar surface area (TPSA) is 98.0 Å². The van der Waals surface area contributed by atoms with Crippen molar-refractivity contribution in [2.75, 3.05) is 19.0 Å². The minimum Gasteiger partial charge on any atom is -0.479 e. The Labute approximate surface area is 151 Å². The van der Waals surface area contributed by atoms with Crippen LogP contribution in [0.4, 0.5) is 5.82 Å². The van der Waals surface area contributed by atoms with Gasteiger partial charge in [-0.15, -0.1) is 10.2 Å². The third-order valence-electron chi connectivity index (χ3n) is 3.93. The fourth-order valence-corrected chi connectivity index (χ4v) is 2.51. The molecule has 3 aromatic heterocycles. The summed E-state index contributed by atoms with van der Waals surface area (Å²) in [5.41, 5.74) is 3.95. The summed E-state index contributed by atoms with van der Waals surface area (Å²) in [5, 5.41) is 20.7. The number of ether oxygens (including phenoxy) is 1. The van der Waals surface area contributed by atoms with E-state index in [-0.39, 0.29) is 12.6 Å². The lowest BCUT2D eigenvalue weighted by molar-refractivity contribution is 0.281. The number of nitrogens with zero attached hydrogens (tertiary/aromatic N) is 5. The molecule has 8 heteroatoms. The number of pyridine rings is 1. The zero-order chi connectivity index (χ0) is 18.7. The molecule has 0 fully saturated rings. The van der Waals surface area contributed by atoms with Crippen molar-refractivity contribution in [3.05, 3.63) is 42.0 Å². The number of nitrogens with one attached hydrogen (secondary N) is 1. The van der Waals surface area contributed by atoms with Gasteiger partial charge >= 0.3 is 0 Å². The molecular formula is C18H22N6O2. The van der Waals surface area contributed by atoms with Gasteiger partial charge in [0.05, 0.1) is 31.4 Å². The van der Waals surface area contributed by atoms with Crippen LogP contribution < -0.4 is 10.1 Å². The molecule has 1 unspecified atom stereocenters. The molecule has 0 saturated heterocycles. The Morgan fingerprint density at radius 2 is 2.04 bits per heavy atom. The van der Waals surface area contributed by atoms with E-state index in [9.17, 15) is 0 Å². The highest BCUT2D eigenvalue weighted by Gasteiger charge is 2.13. The second-order valence-corrected chi connectivity index (χ2v) is 6.14. The number of methoxy groups -OCH3 is 1. The second-order valence-electron chi connectivity index (χ2n) is 6.14. The Morgan fingerprint density at radius 1 is 1.23 bits per heavy atom. The van der Waals surface area contributed by atoms with Gasteiger partial charge in [0, 0.05) is 12.2 Å². The van der Waals surface area contributed by atoms with Crippen molar-refractivity contribution in [1.29, 1.82) is 0 Å². The number of anilines is 1. The number of aromatic nitrogens is 5. The Hall–Kier alpha value is -3.00. The van der Waals surface area contributed by atoms with Crippen LogP contribution in [0.1, 0.15) is 18.2 Å². The highest BCUT2D eigenvalue weighted by molar-refractivity contribution is 5.61. The van der Waals surface area contributed by atoms with Gasteiger partial charge in [-0.1, -0.05) is 0 Å². The van der Waals surface area contributed by atoms with Gasteiger partial charge in [-0.25, -0.2) is 9.97 Å². The predicted molar refractivity (Wildman–Crippen MR) is 98.6 cm³/mol. The maximum Gasteiger partial charge on any atom is 0.238 e. The molecule has 136 valence electrons. The minimum atomic E-state index is -0.0926. The zero-order valence-corrected chi connectivity index (χ0v) is 15.3. The van der Waals surface area contributed by atoms with Crippen molar-refractivity contribution in [2.24, 2.45) is 0 Å². The molecule has 0 aliphatic carbocycles. The van der Waals surface area contributed by atoms with Crippen LogP contribution in [0.3, 0.4) is 0 Å². The summed E-state index contributed by atoms with van der Waals surface area (Å²) in [6.07, 6.45) is 3.63. The standard InChI is InChI=1S/C18H22N6O2/c1-11-7-15(22-23-17(11)20-13(3)9-25)14-5-6-16(18(21-14)26-4)24-8-12(2)19-10-24/h5-8,10,13,25H,9H2,1-4H3,(H,20,23). The van der Waals surface area contributed by atoms with Gasteiger partial charge in [0.15, 0.2) is 5.82 Å². The summed E-state index contributed by atoms with van der Waals surface area (Å²) < 4.78 is 7.31. The normalized spacial score (nSPS) is 12.0. The Bertz CT molecular complexity index is 908. The van der Waals surface area contributed by atoms with Crippen LogP contribution in [0.5, 0.6) is 5.88 Å². The van der Waals surface area contributed by atoms with Crippen LogP contribution in [0.25, 0.3) is 17.1 Å². The lowest BCUT2D eigenvalue weighted by atomic mass is 10.2. The smallest absolute Gasteiger partial charge is 0.238 e. The van der Waals surface area contributed by atoms with E-state index in [1.807, 2.05) is 49.7 Å². The molecule has 3 aromatic rings. The number of rotatable bonds is 6. The molecule has 0 aliphatic heterocycles. The molecule has 2 N–H and O–H groups in total. The van der Waals surface area contributed by atoms with Crippen LogP contribution in [-0.4, -0.2) is 49.6 Å². The van der Waals surface area contributed by atoms with E-state index < -0.39 is 0 Å². The molecule has 3 heterocycles. The third-order valence-corrected chi connectivity index (χ3v) is 3.93. The van der Waals surface area contributed by atoms with E-state index >= 15 is 0 Å². The summed E-state index contributed by atoms with van der Waals surface area (Å²) >= 11 is 0. The van der Waals surface area contributed by atoms with Crippen molar-refractivity contribution in [2.45, 2.75) is 26.8 Å². The molecule has 3 rings (SSSR count). The van der Waals surface area contributed by atoms with Crippen molar-refractivity contribution in [3.8, 4) is 23.0 Å². The van der Waals surface area contributed by atoms with Crippen LogP contribution >= 0.6 is 0 Å². The first kappa shape index (κ1) is 17.8. The van der Waals surface area contributed by atoms with Gasteiger partial charge in [-0.05, 0) is 44.5 Å². The lowest BCUT2D eigenvalue weighted by Crippen LogP contribution is -2.21. The fourth-order valence-electron chi connectivity index (χ4n) is 2.51. The number of aliphatic hydroxyl groups excluding tert-OH is 1. The average Bonchev–Trinajstić information content (AvgIpc) is 3.08. The molecule has 0 aliphatic rings. The van der Waals surface area contributed by atoms with Gasteiger partial charge in [0.25, 0.3) is 0 Å². The van der Waals surface area contributed by atoms with E-state index in [2.05, 4.69) is 25.5 Å². The molecular weight excluding hydrogens is 332 g/mol. The molecule has 0 saturated carbocycles. The number of aliphatic hydroxyl groups is 1. The largest absolute Gasteiger partial charge is 0.479 e. The number of hydrogen-bond donors (Lipinski definition) is 2. The first-order valence-corrected chi connectivity index (χ1v) is 8.30. The molecule has 0 amide bonds. The molecule has 0 spiro atoms. The molecule has 0 radical (unpaired) electrons. The molecule has 0 aromatic carbocycles. The van der Waals surface area contributed by atoms with Gasteiger partial charge in [0.2, 0.25) is 5.88 Å². The Kier molecular flexibility index (Phi) is 5.13. The van der Waals surface area contributed by atoms with E-state index in [1.165, 1.54) is 0 Å². The Morgan fingerprint density at radius 3 is 2.65 bits per heavy atom. The third kappa shape index (κ3) is 3.65. The van der Waals surface area contributed by atoms with E-state index in [1.54, 1.807) is 13.4 Å². The van der Waals surface area contributed by atoms with Gasteiger partial charge in [-0.3, -0.25) is 0 Å². The molecule has 8 nitrogen and oxygen atoms in total. The lowest BCUT2D eigenvalue weighted by Gasteiger charge is -2.14. The molecule has 1 atom stereocenters. The van der Waals surface area contributed by atoms with Gasteiger partial charge in [0.1, 0.15) is 11.4 Å². The first-order valence-electron chi connectivity index (χ1n) is 8.30. The highest BCUT2D eigenvalue weighted by Crippen LogP contribution is 2.26. The predicted octanol–water partition coefficient (Wildman–Crippen LogP) is 2.14. The van der Waals surface area contributed by atoms with E-state index in [0.29, 0.717) is 23.1 Å². The van der Waals surface area contributed by atoms with Crippen LogP contribution in [-0.2, 0) is 0 Å². The summed E-state index contributed by atoms with van der Waals surface area (Å²) in [7, 11) is 1.58. The molecule has 26 heavy (non-hydrogen) atoms. The SMILES string of the molecule is COc1nc(-c2cc(C)c(NC(C)CO)nn2)ccc1-n1cnc(C)c1. The quantitative estimate of drug-likeness (QED) is 0.700. The summed E-state index contributed by atoms with van der Waals surface area (Å²) in [4.78, 5) is 8.79. The monoisotopic (exact) mass is 354 g/mol. The van der Waals surface area contributed by atoms with E-state index in [0.717, 1.165) is 16.9 Å². The maximum absolute atomic E-state index is 9.16. The van der Waals surface area contributed by atoms with E-state index in [4.69, 9.17) is 9.84 Å². The van der Waals surface area contributed by atoms with Crippen LogP contribution in [0.2, 0.25) is 0 Å². The van der Waals surface area contributed by atoms with Crippen LogP contribution in [0.15, 0.2) is 30.7 Å². The summed E-state index contributed by atoms with van der Waals surface area (Å²) in [6, 6.07) is 5.60. The number of hydrogen-bond acceptors (Lipinski definition) is 7. The highest BCUT2D eigenvalue weighted by atomic mass is 16.5.